The first-order valence-corrected chi connectivity index (χ1v) is 3.79. The number of aromatic carboxylic acids is 1. The molecule has 2 rings (SSSR count). The fourth-order valence-electron chi connectivity index (χ4n) is 1.36. The monoisotopic (exact) mass is 197 g/mol. The minimum atomic E-state index is -1.48. The molecule has 0 amide bonds. The summed E-state index contributed by atoms with van der Waals surface area (Å²) in [4.78, 5) is 13.3. The maximum absolute atomic E-state index is 13.1. The Morgan fingerprint density at radius 3 is 2.79 bits per heavy atom. The Morgan fingerprint density at radius 1 is 1.43 bits per heavy atom. The molecule has 2 aromatic rings. The number of hydrogen-bond donors (Lipinski definition) is 2. The van der Waals surface area contributed by atoms with Crippen molar-refractivity contribution < 1.29 is 18.7 Å². The Morgan fingerprint density at radius 2 is 2.14 bits per heavy atom. The predicted octanol–water partition coefficient (Wildman–Crippen LogP) is 2.14. The maximum Gasteiger partial charge on any atom is 0.339 e. The summed E-state index contributed by atoms with van der Waals surface area (Å²) in [5.41, 5.74) is -0.373. The molecule has 0 bridgehead atoms. The number of carbonyl (C=O) groups is 1. The van der Waals surface area contributed by atoms with Crippen molar-refractivity contribution in [3.05, 3.63) is 35.5 Å². The molecule has 0 aliphatic carbocycles. The lowest BCUT2D eigenvalue weighted by Gasteiger charge is -2.00. The molecule has 0 spiro atoms. The van der Waals surface area contributed by atoms with Gasteiger partial charge in [-0.1, -0.05) is 0 Å². The second-order valence-corrected chi connectivity index (χ2v) is 2.79. The van der Waals surface area contributed by atoms with Crippen LogP contribution in [0, 0.1) is 11.6 Å². The van der Waals surface area contributed by atoms with Crippen LogP contribution in [0.2, 0.25) is 0 Å². The number of rotatable bonds is 1. The first-order chi connectivity index (χ1) is 6.61. The summed E-state index contributed by atoms with van der Waals surface area (Å²) in [5.74, 6) is -3.98. The Bertz CT molecular complexity index is 519. The summed E-state index contributed by atoms with van der Waals surface area (Å²) in [6.07, 6.45) is 1.43. The van der Waals surface area contributed by atoms with Crippen LogP contribution in [-0.4, -0.2) is 16.1 Å². The van der Waals surface area contributed by atoms with Gasteiger partial charge in [-0.15, -0.1) is 0 Å². The van der Waals surface area contributed by atoms with Crippen LogP contribution < -0.4 is 0 Å². The van der Waals surface area contributed by atoms with E-state index in [9.17, 15) is 13.6 Å². The van der Waals surface area contributed by atoms with E-state index in [4.69, 9.17) is 5.11 Å². The quantitative estimate of drug-likeness (QED) is 0.735. The normalized spacial score (nSPS) is 10.7. The summed E-state index contributed by atoms with van der Waals surface area (Å²) < 4.78 is 26.0. The van der Waals surface area contributed by atoms with Crippen LogP contribution in [0.1, 0.15) is 10.4 Å². The molecule has 14 heavy (non-hydrogen) atoms. The third-order valence-electron chi connectivity index (χ3n) is 1.96. The SMILES string of the molecule is O=C(O)c1c(F)c(F)cc2[nH]ccc12. The second-order valence-electron chi connectivity index (χ2n) is 2.79. The van der Waals surface area contributed by atoms with Gasteiger partial charge in [-0.25, -0.2) is 13.6 Å². The molecule has 1 heterocycles. The highest BCUT2D eigenvalue weighted by Gasteiger charge is 2.19. The molecule has 0 saturated carbocycles. The highest BCUT2D eigenvalue weighted by Crippen LogP contribution is 2.23. The van der Waals surface area contributed by atoms with E-state index in [1.807, 2.05) is 0 Å². The van der Waals surface area contributed by atoms with Crippen LogP contribution in [0.4, 0.5) is 8.78 Å². The lowest BCUT2D eigenvalue weighted by Crippen LogP contribution is -2.03. The Hall–Kier alpha value is -1.91. The standard InChI is InChI=1S/C9H5F2NO2/c10-5-3-6-4(1-2-12-6)7(8(5)11)9(13)14/h1-3,12H,(H,13,14). The molecule has 3 nitrogen and oxygen atoms in total. The van der Waals surface area contributed by atoms with Gasteiger partial charge in [0.1, 0.15) is 5.56 Å². The third kappa shape index (κ3) is 1.06. The number of benzene rings is 1. The van der Waals surface area contributed by atoms with Crippen molar-refractivity contribution in [2.75, 3.05) is 0 Å². The molecule has 1 aromatic carbocycles. The predicted molar refractivity (Wildman–Crippen MR) is 45.2 cm³/mol. The molecule has 0 radical (unpaired) electrons. The minimum absolute atomic E-state index is 0.163. The van der Waals surface area contributed by atoms with Gasteiger partial charge in [-0.05, 0) is 6.07 Å². The molecule has 0 unspecified atom stereocenters. The zero-order chi connectivity index (χ0) is 10.3. The van der Waals surface area contributed by atoms with Gasteiger partial charge in [0.05, 0.1) is 0 Å². The highest BCUT2D eigenvalue weighted by atomic mass is 19.2. The van der Waals surface area contributed by atoms with E-state index in [0.29, 0.717) is 0 Å². The average molecular weight is 197 g/mol. The number of carboxylic acid groups (broad SMARTS) is 1. The molecule has 2 N–H and O–H groups in total. The van der Waals surface area contributed by atoms with Gasteiger partial charge < -0.3 is 10.1 Å². The first-order valence-electron chi connectivity index (χ1n) is 3.79. The summed E-state index contributed by atoms with van der Waals surface area (Å²) in [6.45, 7) is 0. The van der Waals surface area contributed by atoms with Crippen molar-refractivity contribution in [2.45, 2.75) is 0 Å². The lowest BCUT2D eigenvalue weighted by molar-refractivity contribution is 0.0693. The first kappa shape index (κ1) is 8.68. The number of carboxylic acids is 1. The van der Waals surface area contributed by atoms with E-state index in [1.54, 1.807) is 0 Å². The number of halogens is 2. The van der Waals surface area contributed by atoms with Gasteiger partial charge in [-0.2, -0.15) is 0 Å². The van der Waals surface area contributed by atoms with Gasteiger partial charge >= 0.3 is 5.97 Å². The van der Waals surface area contributed by atoms with Crippen LogP contribution in [0.15, 0.2) is 18.3 Å². The zero-order valence-corrected chi connectivity index (χ0v) is 6.84. The number of aromatic nitrogens is 1. The van der Waals surface area contributed by atoms with Crippen molar-refractivity contribution in [3.8, 4) is 0 Å². The van der Waals surface area contributed by atoms with Gasteiger partial charge in [0.25, 0.3) is 0 Å². The molecule has 0 saturated heterocycles. The summed E-state index contributed by atoms with van der Waals surface area (Å²) >= 11 is 0. The van der Waals surface area contributed by atoms with Gasteiger partial charge in [0.2, 0.25) is 0 Å². The smallest absolute Gasteiger partial charge is 0.339 e. The number of hydrogen-bond acceptors (Lipinski definition) is 1. The molecule has 72 valence electrons. The topological polar surface area (TPSA) is 53.1 Å². The van der Waals surface area contributed by atoms with E-state index in [2.05, 4.69) is 4.98 Å². The number of H-pyrrole nitrogens is 1. The molecule has 5 heteroatoms. The molecular formula is C9H5F2NO2. The van der Waals surface area contributed by atoms with Gasteiger partial charge in [0.15, 0.2) is 11.6 Å². The third-order valence-corrected chi connectivity index (χ3v) is 1.96. The Balaban J connectivity index is 2.93. The summed E-state index contributed by atoms with van der Waals surface area (Å²) in [6, 6.07) is 2.32. The molecule has 0 fully saturated rings. The van der Waals surface area contributed by atoms with Crippen molar-refractivity contribution >= 4 is 16.9 Å². The van der Waals surface area contributed by atoms with Crippen molar-refractivity contribution in [1.82, 2.24) is 4.98 Å². The molecule has 0 aliphatic rings. The van der Waals surface area contributed by atoms with E-state index in [-0.39, 0.29) is 10.9 Å². The number of fused-ring (bicyclic) bond motifs is 1. The van der Waals surface area contributed by atoms with Crippen molar-refractivity contribution in [1.29, 1.82) is 0 Å². The lowest BCUT2D eigenvalue weighted by atomic mass is 10.1. The Labute approximate surface area is 77.0 Å². The van der Waals surface area contributed by atoms with E-state index in [0.717, 1.165) is 6.07 Å². The average Bonchev–Trinajstić information content (AvgIpc) is 2.52. The van der Waals surface area contributed by atoms with Gasteiger partial charge in [-0.3, -0.25) is 0 Å². The zero-order valence-electron chi connectivity index (χ0n) is 6.84. The fraction of sp³-hybridized carbons (Fsp3) is 0. The summed E-state index contributed by atoms with van der Waals surface area (Å²) in [5, 5.41) is 8.85. The van der Waals surface area contributed by atoms with Crippen molar-refractivity contribution in [3.63, 3.8) is 0 Å². The Kier molecular flexibility index (Phi) is 1.73. The van der Waals surface area contributed by atoms with Crippen LogP contribution in [0.25, 0.3) is 10.9 Å². The molecular weight excluding hydrogens is 192 g/mol. The fourth-order valence-corrected chi connectivity index (χ4v) is 1.36. The van der Waals surface area contributed by atoms with Gasteiger partial charge in [0, 0.05) is 23.2 Å². The largest absolute Gasteiger partial charge is 0.478 e. The van der Waals surface area contributed by atoms with E-state index < -0.39 is 23.2 Å². The highest BCUT2D eigenvalue weighted by molar-refractivity contribution is 6.03. The minimum Gasteiger partial charge on any atom is -0.478 e. The van der Waals surface area contributed by atoms with E-state index in [1.165, 1.54) is 12.3 Å². The maximum atomic E-state index is 13.1. The number of nitrogens with one attached hydrogen (secondary N) is 1. The second kappa shape index (κ2) is 2.80. The van der Waals surface area contributed by atoms with Crippen LogP contribution in [0.3, 0.4) is 0 Å². The molecule has 0 aliphatic heterocycles. The molecule has 0 atom stereocenters. The van der Waals surface area contributed by atoms with Crippen molar-refractivity contribution in [2.24, 2.45) is 0 Å². The summed E-state index contributed by atoms with van der Waals surface area (Å²) in [7, 11) is 0. The van der Waals surface area contributed by atoms with Crippen LogP contribution in [0.5, 0.6) is 0 Å². The number of aromatic amines is 1. The van der Waals surface area contributed by atoms with Crippen LogP contribution in [-0.2, 0) is 0 Å². The van der Waals surface area contributed by atoms with E-state index >= 15 is 0 Å². The van der Waals surface area contributed by atoms with Crippen LogP contribution >= 0.6 is 0 Å². The molecule has 1 aromatic heterocycles.